The minimum absolute atomic E-state index is 0.239. The van der Waals surface area contributed by atoms with Crippen molar-refractivity contribution in [2.75, 3.05) is 6.61 Å². The van der Waals surface area contributed by atoms with Crippen LogP contribution in [0.1, 0.15) is 46.0 Å². The summed E-state index contributed by atoms with van der Waals surface area (Å²) >= 11 is 0. The summed E-state index contributed by atoms with van der Waals surface area (Å²) in [5, 5.41) is 8.81. The Morgan fingerprint density at radius 3 is 2.45 bits per heavy atom. The Morgan fingerprint density at radius 1 is 1.27 bits per heavy atom. The largest absolute Gasteiger partial charge is 0.392 e. The summed E-state index contributed by atoms with van der Waals surface area (Å²) in [6, 6.07) is 0. The van der Waals surface area contributed by atoms with Gasteiger partial charge in [0.1, 0.15) is 0 Å². The number of hydrogen-bond donors (Lipinski definition) is 1. The molecule has 0 amide bonds. The zero-order valence-electron chi connectivity index (χ0n) is 7.77. The van der Waals surface area contributed by atoms with Crippen molar-refractivity contribution in [2.45, 2.75) is 46.0 Å². The van der Waals surface area contributed by atoms with Crippen molar-refractivity contribution >= 4 is 0 Å². The van der Waals surface area contributed by atoms with Crippen LogP contribution in [0.5, 0.6) is 0 Å². The van der Waals surface area contributed by atoms with E-state index in [1.807, 2.05) is 13.0 Å². The Labute approximate surface area is 70.1 Å². The SMILES string of the molecule is CC=C(CO)CCCCCC. The first-order valence-electron chi connectivity index (χ1n) is 4.60. The van der Waals surface area contributed by atoms with Gasteiger partial charge in [0.2, 0.25) is 0 Å². The summed E-state index contributed by atoms with van der Waals surface area (Å²) in [6.07, 6.45) is 8.23. The molecule has 0 aliphatic rings. The number of unbranched alkanes of at least 4 members (excludes halogenated alkanes) is 3. The highest BCUT2D eigenvalue weighted by Crippen LogP contribution is 2.08. The van der Waals surface area contributed by atoms with Crippen LogP contribution >= 0.6 is 0 Å². The normalized spacial score (nSPS) is 12.1. The van der Waals surface area contributed by atoms with Crippen molar-refractivity contribution in [2.24, 2.45) is 0 Å². The van der Waals surface area contributed by atoms with Crippen LogP contribution in [0.15, 0.2) is 11.6 Å². The second-order valence-corrected chi connectivity index (χ2v) is 2.92. The fraction of sp³-hybridized carbons (Fsp3) is 0.800. The smallest absolute Gasteiger partial charge is 0.0641 e. The van der Waals surface area contributed by atoms with E-state index in [9.17, 15) is 0 Å². The first kappa shape index (κ1) is 10.7. The molecule has 0 aromatic heterocycles. The van der Waals surface area contributed by atoms with Gasteiger partial charge in [-0.25, -0.2) is 0 Å². The van der Waals surface area contributed by atoms with Gasteiger partial charge in [-0.1, -0.05) is 32.3 Å². The Kier molecular flexibility index (Phi) is 7.59. The third kappa shape index (κ3) is 6.11. The third-order valence-corrected chi connectivity index (χ3v) is 1.96. The quantitative estimate of drug-likeness (QED) is 0.463. The maximum absolute atomic E-state index is 8.81. The third-order valence-electron chi connectivity index (χ3n) is 1.96. The number of aliphatic hydroxyl groups excluding tert-OH is 1. The van der Waals surface area contributed by atoms with Crippen LogP contribution in [0.4, 0.5) is 0 Å². The predicted octanol–water partition coefficient (Wildman–Crippen LogP) is 2.90. The molecule has 0 rings (SSSR count). The van der Waals surface area contributed by atoms with E-state index in [1.165, 1.54) is 31.3 Å². The van der Waals surface area contributed by atoms with Crippen molar-refractivity contribution in [1.82, 2.24) is 0 Å². The molecule has 0 bridgehead atoms. The van der Waals surface area contributed by atoms with Gasteiger partial charge in [-0.05, 0) is 25.3 Å². The van der Waals surface area contributed by atoms with Gasteiger partial charge in [0.25, 0.3) is 0 Å². The molecular weight excluding hydrogens is 136 g/mol. The predicted molar refractivity (Wildman–Crippen MR) is 49.6 cm³/mol. The average molecular weight is 156 g/mol. The summed E-state index contributed by atoms with van der Waals surface area (Å²) in [7, 11) is 0. The molecule has 0 aliphatic carbocycles. The second kappa shape index (κ2) is 7.80. The van der Waals surface area contributed by atoms with E-state index >= 15 is 0 Å². The Bertz CT molecular complexity index is 105. The molecule has 0 saturated heterocycles. The van der Waals surface area contributed by atoms with Crippen LogP contribution in [0.3, 0.4) is 0 Å². The minimum Gasteiger partial charge on any atom is -0.392 e. The van der Waals surface area contributed by atoms with E-state index in [-0.39, 0.29) is 6.61 Å². The molecule has 0 fully saturated rings. The summed E-state index contributed by atoms with van der Waals surface area (Å²) < 4.78 is 0. The highest BCUT2D eigenvalue weighted by molar-refractivity contribution is 4.99. The van der Waals surface area contributed by atoms with E-state index < -0.39 is 0 Å². The molecule has 1 N–H and O–H groups in total. The molecule has 1 heteroatoms. The molecular formula is C10H20O. The second-order valence-electron chi connectivity index (χ2n) is 2.92. The van der Waals surface area contributed by atoms with Crippen LogP contribution in [-0.2, 0) is 0 Å². The van der Waals surface area contributed by atoms with Crippen LogP contribution < -0.4 is 0 Å². The van der Waals surface area contributed by atoms with Gasteiger partial charge in [-0.2, -0.15) is 0 Å². The van der Waals surface area contributed by atoms with E-state index in [4.69, 9.17) is 5.11 Å². The highest BCUT2D eigenvalue weighted by atomic mass is 16.3. The van der Waals surface area contributed by atoms with Crippen molar-refractivity contribution in [3.05, 3.63) is 11.6 Å². The lowest BCUT2D eigenvalue weighted by molar-refractivity contribution is 0.325. The van der Waals surface area contributed by atoms with Gasteiger partial charge < -0.3 is 5.11 Å². The van der Waals surface area contributed by atoms with Crippen molar-refractivity contribution < 1.29 is 5.11 Å². The molecule has 0 aromatic carbocycles. The van der Waals surface area contributed by atoms with E-state index in [2.05, 4.69) is 6.92 Å². The number of aliphatic hydroxyl groups is 1. The Morgan fingerprint density at radius 2 is 2.00 bits per heavy atom. The summed E-state index contributed by atoms with van der Waals surface area (Å²) in [5.74, 6) is 0. The van der Waals surface area contributed by atoms with Crippen LogP contribution in [0, 0.1) is 0 Å². The van der Waals surface area contributed by atoms with Gasteiger partial charge in [0.05, 0.1) is 6.61 Å². The molecule has 0 aromatic rings. The van der Waals surface area contributed by atoms with Crippen molar-refractivity contribution in [1.29, 1.82) is 0 Å². The fourth-order valence-corrected chi connectivity index (χ4v) is 1.09. The Balaban J connectivity index is 3.22. The molecule has 11 heavy (non-hydrogen) atoms. The van der Waals surface area contributed by atoms with Crippen LogP contribution in [0.25, 0.3) is 0 Å². The minimum atomic E-state index is 0.239. The van der Waals surface area contributed by atoms with Crippen LogP contribution in [-0.4, -0.2) is 11.7 Å². The lowest BCUT2D eigenvalue weighted by Crippen LogP contribution is -1.89. The molecule has 0 saturated carbocycles. The molecule has 0 atom stereocenters. The van der Waals surface area contributed by atoms with Gasteiger partial charge in [-0.3, -0.25) is 0 Å². The van der Waals surface area contributed by atoms with Gasteiger partial charge in [0.15, 0.2) is 0 Å². The number of rotatable bonds is 6. The van der Waals surface area contributed by atoms with Gasteiger partial charge >= 0.3 is 0 Å². The van der Waals surface area contributed by atoms with Crippen molar-refractivity contribution in [3.8, 4) is 0 Å². The molecule has 66 valence electrons. The van der Waals surface area contributed by atoms with E-state index in [0.717, 1.165) is 6.42 Å². The molecule has 1 nitrogen and oxygen atoms in total. The first-order valence-corrected chi connectivity index (χ1v) is 4.60. The lowest BCUT2D eigenvalue weighted by Gasteiger charge is -2.01. The molecule has 0 spiro atoms. The zero-order chi connectivity index (χ0) is 8.53. The van der Waals surface area contributed by atoms with E-state index in [0.29, 0.717) is 0 Å². The van der Waals surface area contributed by atoms with Gasteiger partial charge in [-0.15, -0.1) is 0 Å². The fourth-order valence-electron chi connectivity index (χ4n) is 1.09. The Hall–Kier alpha value is -0.300. The summed E-state index contributed by atoms with van der Waals surface area (Å²) in [6.45, 7) is 4.44. The maximum atomic E-state index is 8.81. The maximum Gasteiger partial charge on any atom is 0.0641 e. The molecule has 0 heterocycles. The van der Waals surface area contributed by atoms with Crippen molar-refractivity contribution in [3.63, 3.8) is 0 Å². The van der Waals surface area contributed by atoms with Gasteiger partial charge in [0, 0.05) is 0 Å². The zero-order valence-corrected chi connectivity index (χ0v) is 7.77. The summed E-state index contributed by atoms with van der Waals surface area (Å²) in [5.41, 5.74) is 1.18. The number of allylic oxidation sites excluding steroid dienone is 1. The topological polar surface area (TPSA) is 20.2 Å². The monoisotopic (exact) mass is 156 g/mol. The van der Waals surface area contributed by atoms with Crippen LogP contribution in [0.2, 0.25) is 0 Å². The summed E-state index contributed by atoms with van der Waals surface area (Å²) in [4.78, 5) is 0. The number of hydrogen-bond acceptors (Lipinski definition) is 1. The molecule has 0 radical (unpaired) electrons. The van der Waals surface area contributed by atoms with E-state index in [1.54, 1.807) is 0 Å². The average Bonchev–Trinajstić information content (AvgIpc) is 2.05. The highest BCUT2D eigenvalue weighted by Gasteiger charge is 1.93. The standard InChI is InChI=1S/C10H20O/c1-3-5-6-7-8-10(4-2)9-11/h4,11H,3,5-9H2,1-2H3. The first-order chi connectivity index (χ1) is 5.35. The molecule has 0 aliphatic heterocycles. The lowest BCUT2D eigenvalue weighted by atomic mass is 10.1. The molecule has 0 unspecified atom stereocenters.